The second kappa shape index (κ2) is 6.70. The number of pyridine rings is 1. The van der Waals surface area contributed by atoms with E-state index in [4.69, 9.17) is 11.6 Å². The van der Waals surface area contributed by atoms with Crippen LogP contribution in [0.3, 0.4) is 0 Å². The number of rotatable bonds is 2. The highest BCUT2D eigenvalue weighted by molar-refractivity contribution is 6.32. The van der Waals surface area contributed by atoms with Crippen LogP contribution in [0.25, 0.3) is 16.7 Å². The van der Waals surface area contributed by atoms with E-state index in [0.29, 0.717) is 13.0 Å². The van der Waals surface area contributed by atoms with Crippen molar-refractivity contribution in [1.29, 1.82) is 0 Å². The molecule has 0 radical (unpaired) electrons. The Kier molecular flexibility index (Phi) is 4.54. The molecule has 1 aromatic carbocycles. The molecule has 4 rings (SSSR count). The molecule has 3 heterocycles. The van der Waals surface area contributed by atoms with Gasteiger partial charge in [0.15, 0.2) is 5.65 Å². The first-order valence-corrected chi connectivity index (χ1v) is 9.18. The molecular weight excluding hydrogens is 409 g/mol. The summed E-state index contributed by atoms with van der Waals surface area (Å²) in [6.07, 6.45) is -4.24. The Hall–Kier alpha value is -2.65. The number of hydrogen-bond acceptors (Lipinski definition) is 5. The topological polar surface area (TPSA) is 71.2 Å². The molecule has 1 aliphatic heterocycles. The van der Waals surface area contributed by atoms with Gasteiger partial charge in [-0.2, -0.15) is 18.2 Å². The highest BCUT2D eigenvalue weighted by atomic mass is 35.5. The van der Waals surface area contributed by atoms with Crippen LogP contribution in [0.5, 0.6) is 0 Å². The van der Waals surface area contributed by atoms with Crippen molar-refractivity contribution in [3.8, 4) is 5.69 Å². The van der Waals surface area contributed by atoms with E-state index in [1.807, 2.05) is 0 Å². The summed E-state index contributed by atoms with van der Waals surface area (Å²) in [4.78, 5) is 22.4. The summed E-state index contributed by atoms with van der Waals surface area (Å²) in [5, 5.41) is 10.7. The lowest BCUT2D eigenvalue weighted by atomic mass is 10.1. The maximum Gasteiger partial charge on any atom is 0.433 e. The zero-order valence-electron chi connectivity index (χ0n) is 15.2. The van der Waals surface area contributed by atoms with Crippen molar-refractivity contribution in [3.63, 3.8) is 0 Å². The van der Waals surface area contributed by atoms with Gasteiger partial charge >= 0.3 is 11.9 Å². The molecule has 0 unspecified atom stereocenters. The first-order chi connectivity index (χ1) is 13.6. The highest BCUT2D eigenvalue weighted by Gasteiger charge is 2.36. The normalized spacial score (nSPS) is 19.9. The number of hydrogen-bond donors (Lipinski definition) is 1. The summed E-state index contributed by atoms with van der Waals surface area (Å²) in [6, 6.07) is 8.37. The Morgan fingerprint density at radius 1 is 1.17 bits per heavy atom. The average Bonchev–Trinajstić information content (AvgIpc) is 3.00. The zero-order valence-corrected chi connectivity index (χ0v) is 16.0. The Morgan fingerprint density at radius 3 is 2.52 bits per heavy atom. The molecule has 2 aromatic heterocycles. The summed E-state index contributed by atoms with van der Waals surface area (Å²) >= 11 is 6.18. The Labute approximate surface area is 168 Å². The van der Waals surface area contributed by atoms with Gasteiger partial charge in [0, 0.05) is 13.1 Å². The third-order valence-electron chi connectivity index (χ3n) is 4.86. The standard InChI is InChI=1S/C19H16ClF3N4O2/c1-18(29)8-9-26(10-18)15-11-6-7-14(19(21,22)23)24-16(11)27(17(28)25-15)13-5-3-2-4-12(13)20/h2-7,29H,8-10H2,1H3/t18-/m1/s1. The summed E-state index contributed by atoms with van der Waals surface area (Å²) in [5.74, 6) is 0.187. The first-order valence-electron chi connectivity index (χ1n) is 8.80. The van der Waals surface area contributed by atoms with Gasteiger partial charge in [0.2, 0.25) is 0 Å². The van der Waals surface area contributed by atoms with Crippen LogP contribution in [0, 0.1) is 0 Å². The molecule has 0 aliphatic carbocycles. The second-order valence-electron chi connectivity index (χ2n) is 7.24. The number of nitrogens with zero attached hydrogens (tertiary/aromatic N) is 4. The third-order valence-corrected chi connectivity index (χ3v) is 5.18. The van der Waals surface area contributed by atoms with Gasteiger partial charge in [-0.05, 0) is 37.6 Å². The maximum absolute atomic E-state index is 13.3. The molecular formula is C19H16ClF3N4O2. The van der Waals surface area contributed by atoms with Gasteiger partial charge in [0.25, 0.3) is 0 Å². The first kappa shape index (κ1) is 19.7. The molecule has 1 fully saturated rings. The van der Waals surface area contributed by atoms with E-state index in [0.717, 1.165) is 10.6 Å². The number of benzene rings is 1. The van der Waals surface area contributed by atoms with E-state index in [9.17, 15) is 23.1 Å². The van der Waals surface area contributed by atoms with Crippen molar-refractivity contribution in [2.24, 2.45) is 0 Å². The lowest BCUT2D eigenvalue weighted by molar-refractivity contribution is -0.141. The molecule has 3 aromatic rings. The van der Waals surface area contributed by atoms with Gasteiger partial charge in [-0.1, -0.05) is 23.7 Å². The van der Waals surface area contributed by atoms with Crippen LogP contribution in [-0.4, -0.2) is 38.3 Å². The zero-order chi connectivity index (χ0) is 21.0. The van der Waals surface area contributed by atoms with E-state index in [-0.39, 0.29) is 34.1 Å². The smallest absolute Gasteiger partial charge is 0.388 e. The van der Waals surface area contributed by atoms with Gasteiger partial charge in [-0.15, -0.1) is 0 Å². The quantitative estimate of drug-likeness (QED) is 0.682. The average molecular weight is 425 g/mol. The minimum Gasteiger partial charge on any atom is -0.388 e. The van der Waals surface area contributed by atoms with Crippen LogP contribution in [-0.2, 0) is 6.18 Å². The largest absolute Gasteiger partial charge is 0.433 e. The van der Waals surface area contributed by atoms with E-state index in [1.165, 1.54) is 18.2 Å². The summed E-state index contributed by atoms with van der Waals surface area (Å²) < 4.78 is 40.9. The van der Waals surface area contributed by atoms with Gasteiger partial charge in [0.1, 0.15) is 11.5 Å². The van der Waals surface area contributed by atoms with Crippen LogP contribution in [0.15, 0.2) is 41.2 Å². The number of anilines is 1. The predicted octanol–water partition coefficient (Wildman–Crippen LogP) is 3.41. The van der Waals surface area contributed by atoms with E-state index in [2.05, 4.69) is 9.97 Å². The number of aromatic nitrogens is 3. The van der Waals surface area contributed by atoms with Crippen LogP contribution in [0.4, 0.5) is 19.0 Å². The van der Waals surface area contributed by atoms with Crippen LogP contribution in [0.1, 0.15) is 19.0 Å². The Morgan fingerprint density at radius 2 is 1.90 bits per heavy atom. The fraction of sp³-hybridized carbons (Fsp3) is 0.316. The van der Waals surface area contributed by atoms with Crippen molar-refractivity contribution < 1.29 is 18.3 Å². The van der Waals surface area contributed by atoms with Gasteiger partial charge in [-0.3, -0.25) is 0 Å². The summed E-state index contributed by atoms with van der Waals surface area (Å²) in [7, 11) is 0. The van der Waals surface area contributed by atoms with Crippen molar-refractivity contribution in [2.45, 2.75) is 25.1 Å². The number of alkyl halides is 3. The molecule has 0 amide bonds. The maximum atomic E-state index is 13.3. The lowest BCUT2D eigenvalue weighted by Crippen LogP contribution is -2.33. The van der Waals surface area contributed by atoms with Crippen LogP contribution in [0.2, 0.25) is 5.02 Å². The van der Waals surface area contributed by atoms with E-state index < -0.39 is 23.2 Å². The molecule has 152 valence electrons. The van der Waals surface area contributed by atoms with Crippen molar-refractivity contribution in [2.75, 3.05) is 18.0 Å². The van der Waals surface area contributed by atoms with Gasteiger partial charge < -0.3 is 10.0 Å². The van der Waals surface area contributed by atoms with E-state index in [1.54, 1.807) is 24.0 Å². The van der Waals surface area contributed by atoms with E-state index >= 15 is 0 Å². The molecule has 1 aliphatic rings. The number of fused-ring (bicyclic) bond motifs is 1. The molecule has 0 saturated carbocycles. The van der Waals surface area contributed by atoms with Crippen molar-refractivity contribution in [1.82, 2.24) is 14.5 Å². The molecule has 29 heavy (non-hydrogen) atoms. The van der Waals surface area contributed by atoms with Crippen molar-refractivity contribution >= 4 is 28.5 Å². The number of para-hydroxylation sites is 1. The minimum absolute atomic E-state index is 0.175. The third kappa shape index (κ3) is 3.56. The predicted molar refractivity (Wildman–Crippen MR) is 103 cm³/mol. The molecule has 1 saturated heterocycles. The highest BCUT2D eigenvalue weighted by Crippen LogP contribution is 2.34. The molecule has 0 spiro atoms. The fourth-order valence-corrected chi connectivity index (χ4v) is 3.68. The number of aliphatic hydroxyl groups is 1. The molecule has 1 N–H and O–H groups in total. The minimum atomic E-state index is -4.68. The molecule has 0 bridgehead atoms. The molecule has 10 heteroatoms. The second-order valence-corrected chi connectivity index (χ2v) is 7.65. The van der Waals surface area contributed by atoms with Crippen LogP contribution < -0.4 is 10.6 Å². The SMILES string of the molecule is C[C@@]1(O)CCN(c2nc(=O)n(-c3ccccc3Cl)c3nc(C(F)(F)F)ccc23)C1. The Balaban J connectivity index is 2.03. The molecule has 6 nitrogen and oxygen atoms in total. The lowest BCUT2D eigenvalue weighted by Gasteiger charge is -2.22. The van der Waals surface area contributed by atoms with Gasteiger partial charge in [-0.25, -0.2) is 14.3 Å². The monoisotopic (exact) mass is 424 g/mol. The Bertz CT molecular complexity index is 1160. The summed E-state index contributed by atoms with van der Waals surface area (Å²) in [5.41, 5.74) is -2.93. The summed E-state index contributed by atoms with van der Waals surface area (Å²) in [6.45, 7) is 2.26. The van der Waals surface area contributed by atoms with Crippen molar-refractivity contribution in [3.05, 3.63) is 57.6 Å². The number of β-amino-alcohol motifs (C(OH)–C–C–N with tert-alkyl or cyclic N) is 1. The molecule has 1 atom stereocenters. The number of halogens is 4. The van der Waals surface area contributed by atoms with Crippen LogP contribution >= 0.6 is 11.6 Å². The van der Waals surface area contributed by atoms with Gasteiger partial charge in [0.05, 0.1) is 21.7 Å². The fourth-order valence-electron chi connectivity index (χ4n) is 3.46.